The van der Waals surface area contributed by atoms with E-state index in [0.29, 0.717) is 0 Å². The molecular weight excluding hydrogens is 254 g/mol. The van der Waals surface area contributed by atoms with Crippen LogP contribution in [0.1, 0.15) is 24.6 Å². The predicted octanol–water partition coefficient (Wildman–Crippen LogP) is 3.10. The number of hydrogen-bond acceptors (Lipinski definition) is 3. The van der Waals surface area contributed by atoms with Crippen molar-refractivity contribution in [3.05, 3.63) is 48.5 Å². The highest BCUT2D eigenvalue weighted by Crippen LogP contribution is 2.35. The fourth-order valence-electron chi connectivity index (χ4n) is 2.12. The Kier molecular flexibility index (Phi) is 4.20. The van der Waals surface area contributed by atoms with Crippen molar-refractivity contribution in [1.29, 1.82) is 0 Å². The quantitative estimate of drug-likeness (QED) is 0.621. The highest BCUT2D eigenvalue weighted by atomic mass is 32.2. The third kappa shape index (κ3) is 3.61. The van der Waals surface area contributed by atoms with Gasteiger partial charge in [-0.2, -0.15) is 0 Å². The number of aromatic nitrogens is 2. The minimum absolute atomic E-state index is 0.720. The summed E-state index contributed by atoms with van der Waals surface area (Å²) in [4.78, 5) is 5.59. The van der Waals surface area contributed by atoms with Gasteiger partial charge in [0.15, 0.2) is 0 Å². The first-order chi connectivity index (χ1) is 9.43. The van der Waals surface area contributed by atoms with Crippen LogP contribution in [0.5, 0.6) is 0 Å². The molecule has 0 spiro atoms. The lowest BCUT2D eigenvalue weighted by molar-refractivity contribution is 0.637. The largest absolute Gasteiger partial charge is 0.330 e. The van der Waals surface area contributed by atoms with Crippen LogP contribution in [-0.2, 0) is 6.54 Å². The molecule has 0 unspecified atom stereocenters. The molecule has 1 fully saturated rings. The summed E-state index contributed by atoms with van der Waals surface area (Å²) < 4.78 is 2.32. The number of rotatable bonds is 7. The van der Waals surface area contributed by atoms with E-state index >= 15 is 0 Å². The second kappa shape index (κ2) is 6.26. The predicted molar refractivity (Wildman–Crippen MR) is 79.4 cm³/mol. The van der Waals surface area contributed by atoms with Gasteiger partial charge in [-0.3, -0.25) is 0 Å². The first kappa shape index (κ1) is 12.8. The van der Waals surface area contributed by atoms with Gasteiger partial charge in [0.2, 0.25) is 0 Å². The van der Waals surface area contributed by atoms with E-state index in [4.69, 9.17) is 0 Å². The van der Waals surface area contributed by atoms with E-state index in [1.807, 2.05) is 24.3 Å². The SMILES string of the molecule is c1ccc(SCCNCc2cncn2C2CC2)cc1. The monoisotopic (exact) mass is 273 g/mol. The molecule has 1 aromatic carbocycles. The van der Waals surface area contributed by atoms with Crippen LogP contribution in [-0.4, -0.2) is 21.8 Å². The van der Waals surface area contributed by atoms with Gasteiger partial charge in [-0.25, -0.2) is 4.98 Å². The molecular formula is C15H19N3S. The van der Waals surface area contributed by atoms with Crippen molar-refractivity contribution >= 4 is 11.8 Å². The smallest absolute Gasteiger partial charge is 0.0951 e. The van der Waals surface area contributed by atoms with Crippen LogP contribution >= 0.6 is 11.8 Å². The molecule has 100 valence electrons. The number of imidazole rings is 1. The number of nitrogens with zero attached hydrogens (tertiary/aromatic N) is 2. The molecule has 0 amide bonds. The van der Waals surface area contributed by atoms with E-state index in [0.717, 1.165) is 24.9 Å². The molecule has 1 aliphatic rings. The Balaban J connectivity index is 1.38. The third-order valence-corrected chi connectivity index (χ3v) is 4.30. The Morgan fingerprint density at radius 2 is 2.11 bits per heavy atom. The number of benzene rings is 1. The summed E-state index contributed by atoms with van der Waals surface area (Å²) in [6, 6.07) is 11.3. The van der Waals surface area contributed by atoms with E-state index in [9.17, 15) is 0 Å². The molecule has 1 heterocycles. The van der Waals surface area contributed by atoms with Gasteiger partial charge in [-0.05, 0) is 25.0 Å². The maximum absolute atomic E-state index is 4.25. The third-order valence-electron chi connectivity index (χ3n) is 3.28. The van der Waals surface area contributed by atoms with Crippen LogP contribution in [0.15, 0.2) is 47.8 Å². The zero-order valence-corrected chi connectivity index (χ0v) is 11.8. The van der Waals surface area contributed by atoms with Crippen LogP contribution in [0.4, 0.5) is 0 Å². The van der Waals surface area contributed by atoms with Gasteiger partial charge in [0.05, 0.1) is 12.0 Å². The standard InChI is InChI=1S/C15H19N3S/c1-2-4-15(5-3-1)19-9-8-16-10-14-11-17-12-18(14)13-6-7-13/h1-5,11-13,16H,6-10H2. The molecule has 0 bridgehead atoms. The van der Waals surface area contributed by atoms with Gasteiger partial charge in [-0.1, -0.05) is 18.2 Å². The van der Waals surface area contributed by atoms with Crippen molar-refractivity contribution in [2.24, 2.45) is 0 Å². The van der Waals surface area contributed by atoms with Crippen molar-refractivity contribution in [2.75, 3.05) is 12.3 Å². The van der Waals surface area contributed by atoms with E-state index in [1.165, 1.54) is 23.4 Å². The molecule has 19 heavy (non-hydrogen) atoms. The summed E-state index contributed by atoms with van der Waals surface area (Å²) in [5.41, 5.74) is 1.31. The van der Waals surface area contributed by atoms with E-state index in [2.05, 4.69) is 45.2 Å². The molecule has 3 nitrogen and oxygen atoms in total. The molecule has 0 saturated heterocycles. The number of nitrogens with one attached hydrogen (secondary N) is 1. The van der Waals surface area contributed by atoms with Crippen LogP contribution < -0.4 is 5.32 Å². The molecule has 1 saturated carbocycles. The van der Waals surface area contributed by atoms with E-state index < -0.39 is 0 Å². The fourth-order valence-corrected chi connectivity index (χ4v) is 2.96. The topological polar surface area (TPSA) is 29.9 Å². The molecule has 1 N–H and O–H groups in total. The zero-order valence-electron chi connectivity index (χ0n) is 11.0. The van der Waals surface area contributed by atoms with E-state index in [1.54, 1.807) is 0 Å². The summed E-state index contributed by atoms with van der Waals surface area (Å²) in [6.45, 7) is 1.95. The average molecular weight is 273 g/mol. The average Bonchev–Trinajstić information content (AvgIpc) is 3.19. The van der Waals surface area contributed by atoms with Gasteiger partial charge in [0.1, 0.15) is 0 Å². The summed E-state index contributed by atoms with van der Waals surface area (Å²) in [7, 11) is 0. The van der Waals surface area contributed by atoms with Gasteiger partial charge >= 0.3 is 0 Å². The molecule has 0 atom stereocenters. The van der Waals surface area contributed by atoms with Crippen molar-refractivity contribution < 1.29 is 0 Å². The van der Waals surface area contributed by atoms with Crippen LogP contribution in [0.25, 0.3) is 0 Å². The summed E-state index contributed by atoms with van der Waals surface area (Å²) in [5.74, 6) is 1.10. The molecule has 4 heteroatoms. The highest BCUT2D eigenvalue weighted by molar-refractivity contribution is 7.99. The van der Waals surface area contributed by atoms with Crippen molar-refractivity contribution in [3.8, 4) is 0 Å². The Labute approximate surface area is 118 Å². The first-order valence-electron chi connectivity index (χ1n) is 6.83. The molecule has 1 aliphatic carbocycles. The minimum Gasteiger partial charge on any atom is -0.330 e. The fraction of sp³-hybridized carbons (Fsp3) is 0.400. The van der Waals surface area contributed by atoms with Crippen LogP contribution in [0, 0.1) is 0 Å². The Morgan fingerprint density at radius 1 is 1.26 bits per heavy atom. The summed E-state index contributed by atoms with van der Waals surface area (Å²) >= 11 is 1.90. The molecule has 0 aliphatic heterocycles. The van der Waals surface area contributed by atoms with Gasteiger partial charge < -0.3 is 9.88 Å². The second-order valence-corrected chi connectivity index (χ2v) is 6.03. The first-order valence-corrected chi connectivity index (χ1v) is 7.81. The van der Waals surface area contributed by atoms with E-state index in [-0.39, 0.29) is 0 Å². The Hall–Kier alpha value is -1.26. The van der Waals surface area contributed by atoms with Crippen molar-refractivity contribution in [3.63, 3.8) is 0 Å². The van der Waals surface area contributed by atoms with Crippen molar-refractivity contribution in [1.82, 2.24) is 14.9 Å². The van der Waals surface area contributed by atoms with Crippen LogP contribution in [0.2, 0.25) is 0 Å². The molecule has 0 radical (unpaired) electrons. The summed E-state index contributed by atoms with van der Waals surface area (Å²) in [5, 5.41) is 3.50. The normalized spacial score (nSPS) is 14.7. The lowest BCUT2D eigenvalue weighted by Crippen LogP contribution is -2.18. The zero-order chi connectivity index (χ0) is 12.9. The lowest BCUT2D eigenvalue weighted by Gasteiger charge is -2.08. The van der Waals surface area contributed by atoms with Gasteiger partial charge in [0.25, 0.3) is 0 Å². The van der Waals surface area contributed by atoms with Crippen molar-refractivity contribution in [2.45, 2.75) is 30.3 Å². The number of thioether (sulfide) groups is 1. The molecule has 1 aromatic heterocycles. The maximum atomic E-state index is 4.25. The maximum Gasteiger partial charge on any atom is 0.0951 e. The van der Waals surface area contributed by atoms with Gasteiger partial charge in [0, 0.05) is 36.0 Å². The summed E-state index contributed by atoms with van der Waals surface area (Å²) in [6.07, 6.45) is 6.57. The Morgan fingerprint density at radius 3 is 2.89 bits per heavy atom. The minimum atomic E-state index is 0.720. The van der Waals surface area contributed by atoms with Crippen LogP contribution in [0.3, 0.4) is 0 Å². The lowest BCUT2D eigenvalue weighted by atomic mass is 10.4. The highest BCUT2D eigenvalue weighted by Gasteiger charge is 2.24. The Bertz CT molecular complexity index is 505. The second-order valence-electron chi connectivity index (χ2n) is 4.86. The molecule has 2 aromatic rings. The molecule has 3 rings (SSSR count). The van der Waals surface area contributed by atoms with Gasteiger partial charge in [-0.15, -0.1) is 11.8 Å². The number of hydrogen-bond donors (Lipinski definition) is 1.